The minimum absolute atomic E-state index is 0.0231. The molecule has 83 heavy (non-hydrogen) atoms. The smallest absolute Gasteiger partial charge is 0.479 e. The van der Waals surface area contributed by atoms with Crippen molar-refractivity contribution in [2.24, 2.45) is 68.0 Å². The lowest BCUT2D eigenvalue weighted by atomic mass is 9.44. The largest absolute Gasteiger partial charge is 0.494 e. The minimum Gasteiger partial charge on any atom is -0.479 e. The van der Waals surface area contributed by atoms with E-state index in [2.05, 4.69) is 72.9 Å². The number of aliphatic hydroxyl groups excluding tert-OH is 2. The SMILES string of the molecule is CCCCNC[C@]1(C)C[C@@H](OC(=O)COc2ccc3c(c2F)B(O)OC3)[C@]2(C)[C@H](C)CC[C@]3(CCC(=O)[C@H]32)[C@@H](C)[C@@H]1O.C[C@@H]1CC[C@@]23CCC(=O)[C@H]2[C@]1(C)[C@H](OC(=O)COc1ccc2c(c1F)B(O)OC2)C[C@@](C)(CNC1CC1)[C@@H](O)[C@@H]3C. The Bertz CT molecular complexity index is 2790. The number of rotatable bonds is 16. The van der Waals surface area contributed by atoms with Gasteiger partial charge in [0.15, 0.2) is 36.3 Å². The second-order valence-corrected chi connectivity index (χ2v) is 28.0. The van der Waals surface area contributed by atoms with Gasteiger partial charge < -0.3 is 59.2 Å². The summed E-state index contributed by atoms with van der Waals surface area (Å²) in [6.07, 6.45) is 8.46. The monoisotopic (exact) mass is 1160 g/mol. The summed E-state index contributed by atoms with van der Waals surface area (Å²) < 4.78 is 64.0. The number of ether oxygens (including phenoxy) is 4. The number of hydrogen-bond donors (Lipinski definition) is 6. The minimum atomic E-state index is -1.38. The van der Waals surface area contributed by atoms with Crippen LogP contribution < -0.4 is 31.0 Å². The first-order valence-corrected chi connectivity index (χ1v) is 31.0. The van der Waals surface area contributed by atoms with Crippen LogP contribution in [-0.4, -0.2) is 121 Å². The van der Waals surface area contributed by atoms with Crippen LogP contribution in [0.15, 0.2) is 24.3 Å². The van der Waals surface area contributed by atoms with Crippen LogP contribution in [0, 0.1) is 79.6 Å². The summed E-state index contributed by atoms with van der Waals surface area (Å²) in [5, 5.41) is 51.1. The van der Waals surface area contributed by atoms with Crippen LogP contribution in [0.5, 0.6) is 11.5 Å². The third-order valence-electron chi connectivity index (χ3n) is 23.4. The van der Waals surface area contributed by atoms with E-state index >= 15 is 8.78 Å². The van der Waals surface area contributed by atoms with Crippen LogP contribution in [0.3, 0.4) is 0 Å². The van der Waals surface area contributed by atoms with Crippen molar-refractivity contribution in [1.82, 2.24) is 10.6 Å². The van der Waals surface area contributed by atoms with Crippen LogP contribution >= 0.6 is 0 Å². The normalized spacial score (nSPS) is 38.8. The molecule has 7 fully saturated rings. The molecule has 0 amide bonds. The molecule has 0 spiro atoms. The number of halogens is 2. The van der Waals surface area contributed by atoms with Gasteiger partial charge in [-0.1, -0.05) is 80.9 Å². The highest BCUT2D eigenvalue weighted by molar-refractivity contribution is 6.62. The first kappa shape index (κ1) is 62.1. The zero-order chi connectivity index (χ0) is 59.8. The van der Waals surface area contributed by atoms with Gasteiger partial charge in [-0.2, -0.15) is 0 Å². The van der Waals surface area contributed by atoms with E-state index in [1.165, 1.54) is 12.1 Å². The lowest BCUT2D eigenvalue weighted by molar-refractivity contribution is -0.212. The Morgan fingerprint density at radius 3 is 1.52 bits per heavy atom. The topological polar surface area (TPSA) is 229 Å². The van der Waals surface area contributed by atoms with Crippen molar-refractivity contribution < 1.29 is 76.5 Å². The van der Waals surface area contributed by atoms with Crippen LogP contribution in [0.1, 0.15) is 163 Å². The average Bonchev–Trinajstić information content (AvgIpc) is 2.29. The molecule has 16 nitrogen and oxygen atoms in total. The van der Waals surface area contributed by atoms with Crippen LogP contribution in [-0.2, 0) is 51.2 Å². The van der Waals surface area contributed by atoms with Gasteiger partial charge in [0, 0.05) is 76.4 Å². The zero-order valence-electron chi connectivity index (χ0n) is 50.3. The maximum atomic E-state index is 15.1. The maximum absolute atomic E-state index is 15.1. The van der Waals surface area contributed by atoms with E-state index in [9.17, 15) is 39.4 Å². The lowest BCUT2D eigenvalue weighted by Gasteiger charge is -2.62. The Morgan fingerprint density at radius 2 is 1.10 bits per heavy atom. The van der Waals surface area contributed by atoms with Gasteiger partial charge >= 0.3 is 26.2 Å². The second-order valence-electron chi connectivity index (χ2n) is 28.0. The Labute approximate surface area is 489 Å². The number of aliphatic hydroxyl groups is 2. The molecule has 2 aromatic rings. The van der Waals surface area contributed by atoms with E-state index in [1.807, 2.05) is 0 Å². The van der Waals surface area contributed by atoms with Crippen LogP contribution in [0.2, 0.25) is 0 Å². The standard InChI is InChI=1S/C32H47BFNO7.C31H43BFNO7/c1-6-7-14-35-18-30(4)15-24(42-25(37)17-40-23-9-8-21-16-41-33(39)26(21)27(23)34)31(5)19(2)10-12-32(20(3)29(30)38)13-11-22(36)28(31)32;1-17-9-11-31-12-10-21(35)27(31)30(17,4)23(13-29(3,28(37)18(31)2)16-34-20-6-7-20)41-24(36)15-39-22-8-5-19-14-40-32(38)25(19)26(22)33/h8-9,19-20,24,28-29,35,38-39H,6-7,10-18H2,1-5H3;5,8,17-18,20,23,27-28,34,37-38H,6-7,9-16H2,1-4H3/t19-,20+,24-,28+,29+,30+,31+,32+;17-,18+,23-,27+,28+,29+,30+,31+/m11/s1. The molecule has 4 bridgehead atoms. The quantitative estimate of drug-likeness (QED) is 0.0605. The number of esters is 2. The van der Waals surface area contributed by atoms with Crippen LogP contribution in [0.25, 0.3) is 0 Å². The molecule has 9 aliphatic rings. The molecule has 7 aliphatic carbocycles. The number of Topliss-reactive ketones (excluding diaryl/α,β-unsaturated/α-hetero) is 2. The molecule has 0 unspecified atom stereocenters. The first-order valence-electron chi connectivity index (χ1n) is 31.0. The molecule has 7 saturated carbocycles. The van der Waals surface area contributed by atoms with Crippen molar-refractivity contribution in [3.8, 4) is 11.5 Å². The van der Waals surface area contributed by atoms with Crippen molar-refractivity contribution in [2.45, 2.75) is 196 Å². The first-order chi connectivity index (χ1) is 39.3. The molecule has 0 saturated heterocycles. The van der Waals surface area contributed by atoms with Gasteiger partial charge in [-0.15, -0.1) is 0 Å². The molecule has 2 aromatic carbocycles. The number of nitrogens with one attached hydrogen (secondary N) is 2. The molecular weight excluding hydrogens is 1070 g/mol. The Balaban J connectivity index is 0.000000185. The van der Waals surface area contributed by atoms with Gasteiger partial charge in [0.05, 0.1) is 25.4 Å². The number of benzene rings is 2. The van der Waals surface area contributed by atoms with Gasteiger partial charge in [0.1, 0.15) is 23.8 Å². The van der Waals surface area contributed by atoms with Crippen molar-refractivity contribution in [3.05, 3.63) is 47.0 Å². The lowest BCUT2D eigenvalue weighted by Crippen LogP contribution is -2.64. The molecule has 2 heterocycles. The summed E-state index contributed by atoms with van der Waals surface area (Å²) in [5.74, 6) is -3.27. The van der Waals surface area contributed by atoms with Gasteiger partial charge in [-0.05, 0) is 135 Å². The maximum Gasteiger partial charge on any atom is 0.494 e. The molecule has 0 radical (unpaired) electrons. The van der Waals surface area contributed by atoms with Gasteiger partial charge in [0.25, 0.3) is 0 Å². The Hall–Kier alpha value is -4.01. The predicted molar refractivity (Wildman–Crippen MR) is 306 cm³/mol. The number of unbranched alkanes of at least 4 members (excludes halogenated alkanes) is 1. The fraction of sp³-hybridized carbons (Fsp3) is 0.746. The molecule has 6 N–H and O–H groups in total. The van der Waals surface area contributed by atoms with E-state index < -0.39 is 97.1 Å². The highest BCUT2D eigenvalue weighted by Gasteiger charge is 2.70. The average molecular weight is 1160 g/mol. The molecule has 16 atom stereocenters. The van der Waals surface area contributed by atoms with E-state index in [4.69, 9.17) is 28.3 Å². The highest BCUT2D eigenvalue weighted by atomic mass is 19.1. The third-order valence-corrected chi connectivity index (χ3v) is 23.4. The van der Waals surface area contributed by atoms with Crippen molar-refractivity contribution in [2.75, 3.05) is 32.8 Å². The number of ketones is 2. The summed E-state index contributed by atoms with van der Waals surface area (Å²) in [6, 6.07) is 6.52. The fourth-order valence-corrected chi connectivity index (χ4v) is 17.8. The molecular formula is C63H90B2F2N2O14. The summed E-state index contributed by atoms with van der Waals surface area (Å²) in [4.78, 5) is 54.1. The van der Waals surface area contributed by atoms with E-state index in [0.717, 1.165) is 70.8 Å². The van der Waals surface area contributed by atoms with Gasteiger partial charge in [-0.25, -0.2) is 18.4 Å². The summed E-state index contributed by atoms with van der Waals surface area (Å²) in [6.45, 7) is 20.2. The number of fused-ring (bicyclic) bond motifs is 2. The molecule has 20 heteroatoms. The fourth-order valence-electron chi connectivity index (χ4n) is 17.8. The molecule has 11 rings (SSSR count). The molecule has 2 aliphatic heterocycles. The predicted octanol–water partition coefficient (Wildman–Crippen LogP) is 6.43. The Kier molecular flexibility index (Phi) is 17.6. The Morgan fingerprint density at radius 1 is 0.663 bits per heavy atom. The zero-order valence-corrected chi connectivity index (χ0v) is 50.3. The summed E-state index contributed by atoms with van der Waals surface area (Å²) in [5.41, 5.74) is -1.99. The summed E-state index contributed by atoms with van der Waals surface area (Å²) in [7, 11) is -2.75. The van der Waals surface area contributed by atoms with E-state index in [0.29, 0.717) is 55.9 Å². The summed E-state index contributed by atoms with van der Waals surface area (Å²) >= 11 is 0. The van der Waals surface area contributed by atoms with Crippen molar-refractivity contribution in [1.29, 1.82) is 0 Å². The van der Waals surface area contributed by atoms with Crippen molar-refractivity contribution >= 4 is 48.7 Å². The number of carbonyl (C=O) groups excluding carboxylic acids is 4. The third kappa shape index (κ3) is 10.8. The van der Waals surface area contributed by atoms with E-state index in [1.54, 1.807) is 12.1 Å². The molecule has 456 valence electrons. The number of carbonyl (C=O) groups is 4. The second kappa shape index (κ2) is 23.6. The van der Waals surface area contributed by atoms with E-state index in [-0.39, 0.29) is 93.5 Å². The van der Waals surface area contributed by atoms with Crippen LogP contribution in [0.4, 0.5) is 8.78 Å². The van der Waals surface area contributed by atoms with Crippen molar-refractivity contribution in [3.63, 3.8) is 0 Å². The highest BCUT2D eigenvalue weighted by Crippen LogP contribution is 2.69. The van der Waals surface area contributed by atoms with Gasteiger partial charge in [0.2, 0.25) is 0 Å². The number of hydrogen-bond acceptors (Lipinski definition) is 16. The molecule has 0 aromatic heterocycles. The van der Waals surface area contributed by atoms with Gasteiger partial charge in [-0.3, -0.25) is 9.59 Å².